The average Bonchev–Trinajstić information content (AvgIpc) is 3.33. The number of aromatic nitrogens is 1. The van der Waals surface area contributed by atoms with Crippen LogP contribution in [0.2, 0.25) is 0 Å². The van der Waals surface area contributed by atoms with Crippen molar-refractivity contribution in [2.75, 3.05) is 23.9 Å². The molecule has 0 spiro atoms. The Morgan fingerprint density at radius 1 is 1.22 bits per heavy atom. The first-order valence-electron chi connectivity index (χ1n) is 10.2. The number of sulfone groups is 1. The molecular weight excluding hydrogens is 472 g/mol. The molecule has 1 fully saturated rings. The van der Waals surface area contributed by atoms with Gasteiger partial charge in [0, 0.05) is 32.8 Å². The van der Waals surface area contributed by atoms with Crippen molar-refractivity contribution in [2.24, 2.45) is 5.73 Å². The summed E-state index contributed by atoms with van der Waals surface area (Å²) in [7, 11) is -5.89. The van der Waals surface area contributed by atoms with E-state index in [1.165, 1.54) is 11.3 Å². The Morgan fingerprint density at radius 3 is 2.59 bits per heavy atom. The number of hydrogen-bond donors (Lipinski definition) is 5. The molecule has 0 unspecified atom stereocenters. The fourth-order valence-electron chi connectivity index (χ4n) is 4.19. The van der Waals surface area contributed by atoms with Gasteiger partial charge < -0.3 is 15.8 Å². The number of nitrogens with one attached hydrogen (secondary N) is 1. The summed E-state index contributed by atoms with van der Waals surface area (Å²) in [5.41, 5.74) is 8.43. The summed E-state index contributed by atoms with van der Waals surface area (Å²) in [6.45, 7) is -0.411. The van der Waals surface area contributed by atoms with Gasteiger partial charge in [-0.15, -0.1) is 11.3 Å². The minimum atomic E-state index is -3.39. The maximum absolute atomic E-state index is 12.2. The fourth-order valence-corrected chi connectivity index (χ4v) is 8.23. The normalized spacial score (nSPS) is 18.1. The summed E-state index contributed by atoms with van der Waals surface area (Å²) in [6, 6.07) is 7.24. The molecule has 8 nitrogen and oxygen atoms in total. The lowest BCUT2D eigenvalue weighted by Crippen LogP contribution is -2.19. The maximum Gasteiger partial charge on any atom is 0.250 e. The minimum absolute atomic E-state index is 0.141. The van der Waals surface area contributed by atoms with E-state index in [2.05, 4.69) is 4.98 Å². The van der Waals surface area contributed by atoms with Gasteiger partial charge in [0.05, 0.1) is 29.2 Å². The van der Waals surface area contributed by atoms with E-state index in [4.69, 9.17) is 10.8 Å². The highest BCUT2D eigenvalue weighted by molar-refractivity contribution is 8.24. The van der Waals surface area contributed by atoms with Crippen LogP contribution in [0.3, 0.4) is 0 Å². The Morgan fingerprint density at radius 2 is 1.94 bits per heavy atom. The lowest BCUT2D eigenvalue weighted by molar-refractivity contribution is 0.100. The summed E-state index contributed by atoms with van der Waals surface area (Å²) in [5, 5.41) is 9.80. The van der Waals surface area contributed by atoms with Crippen molar-refractivity contribution >= 4 is 48.6 Å². The number of fused-ring (bicyclic) bond motifs is 1. The highest BCUT2D eigenvalue weighted by atomic mass is 32.3. The number of aliphatic hydroxyl groups is 1. The van der Waals surface area contributed by atoms with Gasteiger partial charge in [-0.25, -0.2) is 8.42 Å². The number of carbonyl (C=O) groups excluding carboxylic acids is 1. The third-order valence-electron chi connectivity index (χ3n) is 5.82. The van der Waals surface area contributed by atoms with Crippen molar-refractivity contribution in [1.29, 1.82) is 0 Å². The first-order chi connectivity index (χ1) is 15.1. The number of nitrogens with two attached hydrogens (primary N) is 1. The van der Waals surface area contributed by atoms with Crippen LogP contribution in [0.5, 0.6) is 0 Å². The topological polar surface area (TPSA) is 154 Å². The third kappa shape index (κ3) is 4.87. The van der Waals surface area contributed by atoms with Gasteiger partial charge in [0.2, 0.25) is 0 Å². The van der Waals surface area contributed by atoms with Crippen molar-refractivity contribution in [2.45, 2.75) is 24.5 Å². The lowest BCUT2D eigenvalue weighted by Gasteiger charge is -2.39. The van der Waals surface area contributed by atoms with Crippen LogP contribution in [-0.4, -0.2) is 57.4 Å². The van der Waals surface area contributed by atoms with Gasteiger partial charge in [-0.1, -0.05) is 0 Å². The van der Waals surface area contributed by atoms with E-state index in [1.807, 2.05) is 18.3 Å². The number of benzene rings is 1. The van der Waals surface area contributed by atoms with E-state index in [1.54, 1.807) is 12.1 Å². The standard InChI is InChI=1S/C21H26N2O6S3/c22-21(25)17-10-14(19-2-1-15(30-19)12-32(28,29)8-5-24)9-16-18(11-23-20(16)17)13-3-6-31(26,27)7-4-13/h1-2,9-11,13,23-24,26-27H,3-8,12H2,(H2,22,25). The van der Waals surface area contributed by atoms with Crippen molar-refractivity contribution in [3.05, 3.63) is 46.5 Å². The third-order valence-corrected chi connectivity index (χ3v) is 10.5. The molecule has 1 aliphatic heterocycles. The van der Waals surface area contributed by atoms with Crippen LogP contribution in [0.1, 0.15) is 39.6 Å². The molecule has 6 N–H and O–H groups in total. The molecule has 174 valence electrons. The van der Waals surface area contributed by atoms with Crippen LogP contribution in [0, 0.1) is 0 Å². The Kier molecular flexibility index (Phi) is 6.40. The zero-order valence-corrected chi connectivity index (χ0v) is 19.7. The molecule has 1 saturated heterocycles. The molecule has 0 aliphatic carbocycles. The monoisotopic (exact) mass is 498 g/mol. The highest BCUT2D eigenvalue weighted by Gasteiger charge is 2.27. The second-order valence-corrected chi connectivity index (χ2v) is 13.9. The number of aromatic amines is 1. The fraction of sp³-hybridized carbons (Fsp3) is 0.381. The van der Waals surface area contributed by atoms with Crippen LogP contribution in [-0.2, 0) is 15.6 Å². The van der Waals surface area contributed by atoms with Gasteiger partial charge >= 0.3 is 0 Å². The SMILES string of the molecule is NC(=O)c1cc(-c2ccc(CS(=O)(=O)CCO)s2)cc2c(C3CCS(O)(O)CC3)c[nH]c12. The van der Waals surface area contributed by atoms with Gasteiger partial charge in [-0.3, -0.25) is 13.9 Å². The largest absolute Gasteiger partial charge is 0.395 e. The maximum atomic E-state index is 12.2. The van der Waals surface area contributed by atoms with Crippen molar-refractivity contribution in [3.8, 4) is 10.4 Å². The van der Waals surface area contributed by atoms with Crippen LogP contribution in [0.4, 0.5) is 0 Å². The molecule has 0 atom stereocenters. The van der Waals surface area contributed by atoms with E-state index in [-0.39, 0.29) is 17.4 Å². The quantitative estimate of drug-likeness (QED) is 0.336. The molecule has 3 aromatic rings. The zero-order valence-electron chi connectivity index (χ0n) is 17.3. The Balaban J connectivity index is 1.72. The van der Waals surface area contributed by atoms with Gasteiger partial charge in [0.25, 0.3) is 5.91 Å². The molecule has 1 amide bonds. The second kappa shape index (κ2) is 8.81. The predicted molar refractivity (Wildman–Crippen MR) is 129 cm³/mol. The molecule has 2 aromatic heterocycles. The number of primary amides is 1. The summed E-state index contributed by atoms with van der Waals surface area (Å²) in [6.07, 6.45) is 3.17. The minimum Gasteiger partial charge on any atom is -0.395 e. The van der Waals surface area contributed by atoms with Gasteiger partial charge in [-0.05, 0) is 54.2 Å². The first-order valence-corrected chi connectivity index (χ1v) is 14.7. The number of thiophene rings is 1. The Hall–Kier alpha value is -1.89. The summed E-state index contributed by atoms with van der Waals surface area (Å²) in [4.78, 5) is 16.8. The molecule has 0 saturated carbocycles. The molecule has 4 rings (SSSR count). The molecule has 1 aliphatic rings. The lowest BCUT2D eigenvalue weighted by atomic mass is 9.91. The number of H-pyrrole nitrogens is 1. The van der Waals surface area contributed by atoms with Crippen LogP contribution < -0.4 is 5.73 Å². The van der Waals surface area contributed by atoms with E-state index in [0.29, 0.717) is 40.3 Å². The molecule has 0 bridgehead atoms. The van der Waals surface area contributed by atoms with E-state index in [0.717, 1.165) is 21.4 Å². The Labute approximate surface area is 191 Å². The van der Waals surface area contributed by atoms with Crippen molar-refractivity contribution < 1.29 is 27.4 Å². The van der Waals surface area contributed by atoms with Gasteiger partial charge in [0.15, 0.2) is 9.84 Å². The summed E-state index contributed by atoms with van der Waals surface area (Å²) < 4.78 is 44.0. The van der Waals surface area contributed by atoms with Crippen molar-refractivity contribution in [1.82, 2.24) is 4.98 Å². The van der Waals surface area contributed by atoms with Crippen LogP contribution >= 0.6 is 21.9 Å². The summed E-state index contributed by atoms with van der Waals surface area (Å²) >= 11 is 1.33. The smallest absolute Gasteiger partial charge is 0.250 e. The van der Waals surface area contributed by atoms with Gasteiger partial charge in [-0.2, -0.15) is 10.6 Å². The van der Waals surface area contributed by atoms with Crippen molar-refractivity contribution in [3.63, 3.8) is 0 Å². The van der Waals surface area contributed by atoms with E-state index in [9.17, 15) is 22.3 Å². The van der Waals surface area contributed by atoms with E-state index < -0.39 is 32.9 Å². The van der Waals surface area contributed by atoms with Crippen LogP contribution in [0.15, 0.2) is 30.5 Å². The molecule has 32 heavy (non-hydrogen) atoms. The molecule has 0 radical (unpaired) electrons. The average molecular weight is 499 g/mol. The molecule has 11 heteroatoms. The molecule has 3 heterocycles. The van der Waals surface area contributed by atoms with Crippen LogP contribution in [0.25, 0.3) is 21.3 Å². The van der Waals surface area contributed by atoms with Gasteiger partial charge in [0.1, 0.15) is 0 Å². The first kappa shape index (κ1) is 23.3. The number of amides is 1. The zero-order chi connectivity index (χ0) is 23.1. The predicted octanol–water partition coefficient (Wildman–Crippen LogP) is 3.53. The molecular formula is C21H26N2O6S3. The second-order valence-electron chi connectivity index (χ2n) is 8.12. The Bertz CT molecular complexity index is 1250. The number of hydrogen-bond acceptors (Lipinski definition) is 7. The van der Waals surface area contributed by atoms with E-state index >= 15 is 0 Å². The number of aliphatic hydroxyl groups excluding tert-OH is 1. The number of rotatable bonds is 7. The highest BCUT2D eigenvalue weighted by Crippen LogP contribution is 2.49. The molecule has 1 aromatic carbocycles. The number of carbonyl (C=O) groups is 1. The summed E-state index contributed by atoms with van der Waals surface area (Å²) in [5.74, 6) is -0.122.